The summed E-state index contributed by atoms with van der Waals surface area (Å²) < 4.78 is 0. The molecule has 4 rings (SSSR count). The van der Waals surface area contributed by atoms with Gasteiger partial charge in [0.25, 0.3) is 0 Å². The molecule has 2 nitrogen and oxygen atoms in total. The third-order valence-corrected chi connectivity index (χ3v) is 6.28. The maximum atomic E-state index is 13.2. The largest absolute Gasteiger partial charge is 0.326 e. The van der Waals surface area contributed by atoms with Gasteiger partial charge in [0.2, 0.25) is 5.91 Å². The van der Waals surface area contributed by atoms with Gasteiger partial charge in [-0.25, -0.2) is 0 Å². The average molecular weight is 390 g/mol. The maximum Gasteiger partial charge on any atom is 0.228 e. The summed E-state index contributed by atoms with van der Waals surface area (Å²) in [5.74, 6) is -0.0529. The van der Waals surface area contributed by atoms with Gasteiger partial charge >= 0.3 is 0 Å². The first-order valence-electron chi connectivity index (χ1n) is 9.62. The number of hydrogen-bond acceptors (Lipinski definition) is 1. The van der Waals surface area contributed by atoms with E-state index in [0.29, 0.717) is 5.02 Å². The minimum Gasteiger partial charge on any atom is -0.326 e. The van der Waals surface area contributed by atoms with Crippen molar-refractivity contribution in [3.05, 3.63) is 99.6 Å². The Kier molecular flexibility index (Phi) is 4.76. The monoisotopic (exact) mass is 389 g/mol. The first kappa shape index (κ1) is 18.8. The SMILES string of the molecule is Cc1cccc(C2(c3cccc(C)c3)CC2C(=O)Nc2cccc(Cl)c2C)c1. The van der Waals surface area contributed by atoms with Crippen molar-refractivity contribution in [2.75, 3.05) is 5.32 Å². The molecule has 1 N–H and O–H groups in total. The highest BCUT2D eigenvalue weighted by molar-refractivity contribution is 6.31. The smallest absolute Gasteiger partial charge is 0.228 e. The normalized spacial score (nSPS) is 17.2. The molecule has 0 heterocycles. The van der Waals surface area contributed by atoms with Crippen molar-refractivity contribution in [3.63, 3.8) is 0 Å². The zero-order valence-corrected chi connectivity index (χ0v) is 17.2. The van der Waals surface area contributed by atoms with Crippen LogP contribution < -0.4 is 5.32 Å². The Labute approximate surface area is 171 Å². The predicted molar refractivity (Wildman–Crippen MR) is 116 cm³/mol. The van der Waals surface area contributed by atoms with Crippen LogP contribution in [0.25, 0.3) is 0 Å². The first-order chi connectivity index (χ1) is 13.4. The summed E-state index contributed by atoms with van der Waals surface area (Å²) in [5.41, 5.74) is 6.25. The van der Waals surface area contributed by atoms with Gasteiger partial charge in [0.15, 0.2) is 0 Å². The number of anilines is 1. The molecule has 1 saturated carbocycles. The van der Waals surface area contributed by atoms with E-state index in [1.54, 1.807) is 0 Å². The van der Waals surface area contributed by atoms with Gasteiger partial charge in [0, 0.05) is 16.1 Å². The number of carbonyl (C=O) groups is 1. The zero-order valence-electron chi connectivity index (χ0n) is 16.4. The van der Waals surface area contributed by atoms with Crippen molar-refractivity contribution in [2.24, 2.45) is 5.92 Å². The number of halogens is 1. The van der Waals surface area contributed by atoms with Crippen LogP contribution in [0.5, 0.6) is 0 Å². The fraction of sp³-hybridized carbons (Fsp3) is 0.240. The van der Waals surface area contributed by atoms with E-state index in [4.69, 9.17) is 11.6 Å². The molecule has 3 aromatic rings. The number of benzene rings is 3. The lowest BCUT2D eigenvalue weighted by atomic mass is 9.84. The minimum atomic E-state index is -0.269. The van der Waals surface area contributed by atoms with Gasteiger partial charge in [-0.1, -0.05) is 77.3 Å². The Morgan fingerprint density at radius 3 is 2.07 bits per heavy atom. The number of amides is 1. The molecule has 0 bridgehead atoms. The van der Waals surface area contributed by atoms with Crippen LogP contribution in [-0.2, 0) is 10.2 Å². The Hall–Kier alpha value is -2.58. The molecule has 1 aliphatic carbocycles. The van der Waals surface area contributed by atoms with Crippen LogP contribution >= 0.6 is 11.6 Å². The molecule has 1 aliphatic rings. The van der Waals surface area contributed by atoms with Crippen molar-refractivity contribution in [3.8, 4) is 0 Å². The molecule has 0 spiro atoms. The first-order valence-corrected chi connectivity index (χ1v) is 10.00. The van der Waals surface area contributed by atoms with Crippen LogP contribution in [0.1, 0.15) is 34.2 Å². The maximum absolute atomic E-state index is 13.2. The standard InChI is InChI=1S/C25H24ClNO/c1-16-7-4-9-19(13-16)25(20-10-5-8-17(2)14-20)15-21(25)24(28)27-23-12-6-11-22(26)18(23)3/h4-14,21H,15H2,1-3H3,(H,27,28). The van der Waals surface area contributed by atoms with E-state index in [1.165, 1.54) is 22.3 Å². The molecule has 0 saturated heterocycles. The molecule has 3 aromatic carbocycles. The van der Waals surface area contributed by atoms with Crippen molar-refractivity contribution >= 4 is 23.2 Å². The predicted octanol–water partition coefficient (Wildman–Crippen LogP) is 6.21. The number of hydrogen-bond donors (Lipinski definition) is 1. The summed E-state index contributed by atoms with van der Waals surface area (Å²) in [7, 11) is 0. The van der Waals surface area contributed by atoms with E-state index in [2.05, 4.69) is 67.7 Å². The topological polar surface area (TPSA) is 29.1 Å². The van der Waals surface area contributed by atoms with Gasteiger partial charge in [-0.05, 0) is 56.0 Å². The molecular weight excluding hydrogens is 366 g/mol. The lowest BCUT2D eigenvalue weighted by molar-refractivity contribution is -0.117. The van der Waals surface area contributed by atoms with Crippen molar-refractivity contribution in [1.29, 1.82) is 0 Å². The van der Waals surface area contributed by atoms with Crippen LogP contribution in [0, 0.1) is 26.7 Å². The third-order valence-electron chi connectivity index (χ3n) is 5.87. The summed E-state index contributed by atoms with van der Waals surface area (Å²) >= 11 is 6.22. The van der Waals surface area contributed by atoms with E-state index in [9.17, 15) is 4.79 Å². The highest BCUT2D eigenvalue weighted by atomic mass is 35.5. The van der Waals surface area contributed by atoms with Crippen LogP contribution in [0.15, 0.2) is 66.7 Å². The molecule has 0 aromatic heterocycles. The molecule has 3 heteroatoms. The summed E-state index contributed by atoms with van der Waals surface area (Å²) in [6, 6.07) is 22.7. The van der Waals surface area contributed by atoms with Crippen molar-refractivity contribution < 1.29 is 4.79 Å². The minimum absolute atomic E-state index is 0.0494. The molecule has 1 fully saturated rings. The van der Waals surface area contributed by atoms with Crippen LogP contribution in [0.2, 0.25) is 5.02 Å². The Morgan fingerprint density at radius 1 is 0.929 bits per heavy atom. The molecule has 0 aliphatic heterocycles. The molecule has 28 heavy (non-hydrogen) atoms. The van der Waals surface area contributed by atoms with E-state index in [1.807, 2.05) is 25.1 Å². The van der Waals surface area contributed by atoms with Crippen molar-refractivity contribution in [2.45, 2.75) is 32.6 Å². The van der Waals surface area contributed by atoms with Crippen molar-refractivity contribution in [1.82, 2.24) is 0 Å². The van der Waals surface area contributed by atoms with E-state index < -0.39 is 0 Å². The second kappa shape index (κ2) is 7.10. The van der Waals surface area contributed by atoms with E-state index in [0.717, 1.165) is 17.7 Å². The van der Waals surface area contributed by atoms with Gasteiger partial charge in [-0.2, -0.15) is 0 Å². The lowest BCUT2D eigenvalue weighted by Crippen LogP contribution is -2.22. The van der Waals surface area contributed by atoms with E-state index in [-0.39, 0.29) is 17.2 Å². The molecule has 1 atom stereocenters. The van der Waals surface area contributed by atoms with Gasteiger partial charge in [0.05, 0.1) is 5.92 Å². The number of carbonyl (C=O) groups excluding carboxylic acids is 1. The summed E-state index contributed by atoms with van der Waals surface area (Å²) in [5, 5.41) is 3.78. The molecular formula is C25H24ClNO. The number of aryl methyl sites for hydroxylation is 2. The fourth-order valence-electron chi connectivity index (χ4n) is 4.19. The lowest BCUT2D eigenvalue weighted by Gasteiger charge is -2.20. The number of rotatable bonds is 4. The van der Waals surface area contributed by atoms with Crippen LogP contribution in [0.4, 0.5) is 5.69 Å². The average Bonchev–Trinajstić information content (AvgIpc) is 3.43. The molecule has 1 unspecified atom stereocenters. The summed E-state index contributed by atoms with van der Waals surface area (Å²) in [4.78, 5) is 13.2. The Bertz CT molecular complexity index is 1010. The van der Waals surface area contributed by atoms with Gasteiger partial charge in [0.1, 0.15) is 0 Å². The second-order valence-corrected chi connectivity index (χ2v) is 8.28. The zero-order chi connectivity index (χ0) is 19.9. The molecule has 142 valence electrons. The third kappa shape index (κ3) is 3.22. The van der Waals surface area contributed by atoms with Gasteiger partial charge < -0.3 is 5.32 Å². The second-order valence-electron chi connectivity index (χ2n) is 7.87. The molecule has 1 amide bonds. The van der Waals surface area contributed by atoms with Crippen LogP contribution in [-0.4, -0.2) is 5.91 Å². The van der Waals surface area contributed by atoms with Crippen LogP contribution in [0.3, 0.4) is 0 Å². The number of nitrogens with one attached hydrogen (secondary N) is 1. The highest BCUT2D eigenvalue weighted by Gasteiger charge is 2.60. The summed E-state index contributed by atoms with van der Waals surface area (Å²) in [6.45, 7) is 6.12. The molecule has 0 radical (unpaired) electrons. The van der Waals surface area contributed by atoms with E-state index >= 15 is 0 Å². The summed E-state index contributed by atoms with van der Waals surface area (Å²) in [6.07, 6.45) is 0.811. The Balaban J connectivity index is 1.71. The fourth-order valence-corrected chi connectivity index (χ4v) is 4.37. The van der Waals surface area contributed by atoms with Gasteiger partial charge in [-0.15, -0.1) is 0 Å². The quantitative estimate of drug-likeness (QED) is 0.564. The highest BCUT2D eigenvalue weighted by Crippen LogP contribution is 2.59. The van der Waals surface area contributed by atoms with Gasteiger partial charge in [-0.3, -0.25) is 4.79 Å². The Morgan fingerprint density at radius 2 is 1.50 bits per heavy atom.